The number of fused-ring (bicyclic) bond motifs is 4. The first kappa shape index (κ1) is 21.3. The molecule has 2 aromatic carbocycles. The summed E-state index contributed by atoms with van der Waals surface area (Å²) in [4.78, 5) is 27.6. The van der Waals surface area contributed by atoms with E-state index in [0.29, 0.717) is 33.8 Å². The van der Waals surface area contributed by atoms with E-state index in [2.05, 4.69) is 17.0 Å². The number of benzene rings is 2. The number of hydrogen-bond acceptors (Lipinski definition) is 5. The molecule has 0 aliphatic rings. The van der Waals surface area contributed by atoms with Gasteiger partial charge < -0.3 is 0 Å². The quantitative estimate of drug-likeness (QED) is 0.241. The summed E-state index contributed by atoms with van der Waals surface area (Å²) in [5, 5.41) is 5.67. The zero-order valence-electron chi connectivity index (χ0n) is 18.3. The molecule has 166 valence electrons. The van der Waals surface area contributed by atoms with Crippen LogP contribution in [0.25, 0.3) is 33.2 Å². The van der Waals surface area contributed by atoms with Gasteiger partial charge in [-0.2, -0.15) is 9.78 Å². The van der Waals surface area contributed by atoms with Crippen molar-refractivity contribution in [3.05, 3.63) is 75.8 Å². The van der Waals surface area contributed by atoms with Gasteiger partial charge in [0.25, 0.3) is 5.56 Å². The van der Waals surface area contributed by atoms with E-state index >= 15 is 0 Å². The number of halogens is 1. The van der Waals surface area contributed by atoms with E-state index in [1.807, 2.05) is 48.5 Å². The molecular formula is C25H23ClN6O. The van der Waals surface area contributed by atoms with Crippen molar-refractivity contribution >= 4 is 51.0 Å². The second-order valence-corrected chi connectivity index (χ2v) is 8.43. The molecule has 0 N–H and O–H groups in total. The van der Waals surface area contributed by atoms with E-state index in [1.54, 1.807) is 21.8 Å². The fourth-order valence-corrected chi connectivity index (χ4v) is 4.14. The molecule has 0 spiro atoms. The Kier molecular flexibility index (Phi) is 5.88. The summed E-state index contributed by atoms with van der Waals surface area (Å²) in [5.74, 6) is 0. The van der Waals surface area contributed by atoms with Crippen LogP contribution in [0.3, 0.4) is 0 Å². The van der Waals surface area contributed by atoms with Gasteiger partial charge in [0, 0.05) is 11.6 Å². The van der Waals surface area contributed by atoms with Gasteiger partial charge >= 0.3 is 0 Å². The molecular weight excluding hydrogens is 436 g/mol. The highest BCUT2D eigenvalue weighted by molar-refractivity contribution is 6.30. The third-order valence-electron chi connectivity index (χ3n) is 5.63. The molecule has 0 aliphatic heterocycles. The first-order chi connectivity index (χ1) is 16.2. The molecule has 0 radical (unpaired) electrons. The summed E-state index contributed by atoms with van der Waals surface area (Å²) < 4.78 is 3.26. The van der Waals surface area contributed by atoms with Crippen molar-refractivity contribution in [1.29, 1.82) is 0 Å². The third-order valence-corrected chi connectivity index (χ3v) is 5.87. The lowest BCUT2D eigenvalue weighted by Gasteiger charge is -2.05. The summed E-state index contributed by atoms with van der Waals surface area (Å²) in [6.07, 6.45) is 7.59. The zero-order valence-corrected chi connectivity index (χ0v) is 19.0. The van der Waals surface area contributed by atoms with Gasteiger partial charge in [-0.15, -0.1) is 0 Å². The van der Waals surface area contributed by atoms with Gasteiger partial charge in [0.2, 0.25) is 0 Å². The lowest BCUT2D eigenvalue weighted by atomic mass is 10.2. The van der Waals surface area contributed by atoms with Crippen LogP contribution < -0.4 is 5.56 Å². The monoisotopic (exact) mass is 458 g/mol. The molecule has 0 unspecified atom stereocenters. The van der Waals surface area contributed by atoms with Gasteiger partial charge in [0.15, 0.2) is 11.3 Å². The minimum Gasteiger partial charge on any atom is -0.299 e. The molecule has 3 heterocycles. The van der Waals surface area contributed by atoms with Crippen LogP contribution >= 0.6 is 11.6 Å². The molecule has 33 heavy (non-hydrogen) atoms. The molecule has 7 nitrogen and oxygen atoms in total. The standard InChI is InChI=1S/C25H23ClN6O/c1-2-3-4-7-13-31-16-27-23-21(25(31)33)22-24(30-20-12-6-5-11-19(20)29-22)32(23)28-15-17-9-8-10-18(26)14-17/h5-6,8-12,14-16H,2-4,7,13H2,1H3. The van der Waals surface area contributed by atoms with Crippen molar-refractivity contribution < 1.29 is 0 Å². The van der Waals surface area contributed by atoms with E-state index in [1.165, 1.54) is 0 Å². The minimum absolute atomic E-state index is 0.122. The Balaban J connectivity index is 1.71. The van der Waals surface area contributed by atoms with Crippen molar-refractivity contribution in [2.45, 2.75) is 39.2 Å². The molecule has 3 aromatic heterocycles. The molecule has 0 amide bonds. The highest BCUT2D eigenvalue weighted by atomic mass is 35.5. The number of unbranched alkanes of at least 4 members (excludes halogenated alkanes) is 3. The maximum atomic E-state index is 13.4. The highest BCUT2D eigenvalue weighted by Gasteiger charge is 2.19. The van der Waals surface area contributed by atoms with Crippen LogP contribution in [0, 0.1) is 0 Å². The van der Waals surface area contributed by atoms with Crippen LogP contribution in [0.5, 0.6) is 0 Å². The topological polar surface area (TPSA) is 78.0 Å². The predicted octanol–water partition coefficient (Wildman–Crippen LogP) is 5.41. The van der Waals surface area contributed by atoms with Crippen molar-refractivity contribution in [2.24, 2.45) is 5.10 Å². The van der Waals surface area contributed by atoms with Gasteiger partial charge in [-0.1, -0.05) is 62.1 Å². The molecule has 5 aromatic rings. The van der Waals surface area contributed by atoms with Crippen molar-refractivity contribution in [3.8, 4) is 0 Å². The predicted molar refractivity (Wildman–Crippen MR) is 133 cm³/mol. The second-order valence-electron chi connectivity index (χ2n) is 8.00. The fraction of sp³-hybridized carbons (Fsp3) is 0.240. The Hall–Kier alpha value is -3.58. The molecule has 0 saturated carbocycles. The second kappa shape index (κ2) is 9.11. The Morgan fingerprint density at radius 1 is 1.00 bits per heavy atom. The Morgan fingerprint density at radius 3 is 2.61 bits per heavy atom. The summed E-state index contributed by atoms with van der Waals surface area (Å²) in [6.45, 7) is 2.79. The van der Waals surface area contributed by atoms with Crippen LogP contribution in [0.4, 0.5) is 0 Å². The highest BCUT2D eigenvalue weighted by Crippen LogP contribution is 2.25. The molecule has 0 saturated heterocycles. The van der Waals surface area contributed by atoms with Gasteiger partial charge in [0.1, 0.15) is 10.9 Å². The molecule has 0 bridgehead atoms. The van der Waals surface area contributed by atoms with E-state index < -0.39 is 0 Å². The number of nitrogens with zero attached hydrogens (tertiary/aromatic N) is 6. The lowest BCUT2D eigenvalue weighted by Crippen LogP contribution is -2.20. The van der Waals surface area contributed by atoms with Crippen LogP contribution in [0.1, 0.15) is 38.2 Å². The number of hydrogen-bond donors (Lipinski definition) is 0. The normalized spacial score (nSPS) is 11.9. The first-order valence-electron chi connectivity index (χ1n) is 11.1. The molecule has 8 heteroatoms. The van der Waals surface area contributed by atoms with Gasteiger partial charge in [-0.3, -0.25) is 9.36 Å². The number of aryl methyl sites for hydroxylation is 1. The van der Waals surface area contributed by atoms with Crippen LogP contribution in [0.15, 0.2) is 64.8 Å². The molecule has 0 fully saturated rings. The average molecular weight is 459 g/mol. The summed E-state index contributed by atoms with van der Waals surface area (Å²) in [6, 6.07) is 15.0. The van der Waals surface area contributed by atoms with Crippen LogP contribution in [0.2, 0.25) is 5.02 Å². The number of para-hydroxylation sites is 2. The van der Waals surface area contributed by atoms with E-state index in [0.717, 1.165) is 42.3 Å². The number of aromatic nitrogens is 5. The maximum Gasteiger partial charge on any atom is 0.265 e. The summed E-state index contributed by atoms with van der Waals surface area (Å²) in [7, 11) is 0. The Bertz CT molecular complexity index is 1550. The molecule has 5 rings (SSSR count). The SMILES string of the molecule is CCCCCCn1cnc2c(c1=O)c1nc3ccccc3nc1n2N=Cc1cccc(Cl)c1. The lowest BCUT2D eigenvalue weighted by molar-refractivity contribution is 0.567. The third kappa shape index (κ3) is 4.12. The Morgan fingerprint density at radius 2 is 1.82 bits per heavy atom. The zero-order chi connectivity index (χ0) is 22.8. The average Bonchev–Trinajstić information content (AvgIpc) is 3.13. The smallest absolute Gasteiger partial charge is 0.265 e. The van der Waals surface area contributed by atoms with Gasteiger partial charge in [0.05, 0.1) is 23.6 Å². The maximum absolute atomic E-state index is 13.4. The van der Waals surface area contributed by atoms with Gasteiger partial charge in [-0.05, 0) is 36.2 Å². The van der Waals surface area contributed by atoms with E-state index in [9.17, 15) is 4.79 Å². The van der Waals surface area contributed by atoms with E-state index in [4.69, 9.17) is 21.6 Å². The molecule has 0 atom stereocenters. The minimum atomic E-state index is -0.122. The fourth-order valence-electron chi connectivity index (χ4n) is 3.94. The summed E-state index contributed by atoms with van der Waals surface area (Å²) in [5.41, 5.74) is 3.60. The molecule has 0 aliphatic carbocycles. The number of rotatable bonds is 7. The Labute approximate surface area is 195 Å². The first-order valence-corrected chi connectivity index (χ1v) is 11.5. The van der Waals surface area contributed by atoms with Crippen LogP contribution in [-0.4, -0.2) is 30.4 Å². The van der Waals surface area contributed by atoms with Crippen molar-refractivity contribution in [2.75, 3.05) is 0 Å². The largest absolute Gasteiger partial charge is 0.299 e. The van der Waals surface area contributed by atoms with Crippen LogP contribution in [-0.2, 0) is 6.54 Å². The van der Waals surface area contributed by atoms with Crippen molar-refractivity contribution in [1.82, 2.24) is 24.2 Å². The summed E-state index contributed by atoms with van der Waals surface area (Å²) >= 11 is 6.11. The van der Waals surface area contributed by atoms with Gasteiger partial charge in [-0.25, -0.2) is 15.0 Å². The van der Waals surface area contributed by atoms with E-state index in [-0.39, 0.29) is 5.56 Å². The van der Waals surface area contributed by atoms with Crippen molar-refractivity contribution in [3.63, 3.8) is 0 Å².